The minimum absolute atomic E-state index is 0.00853. The lowest BCUT2D eigenvalue weighted by Gasteiger charge is -2.38. The highest BCUT2D eigenvalue weighted by atomic mass is 35.5. The Balaban J connectivity index is 1.67. The van der Waals surface area contributed by atoms with Gasteiger partial charge in [-0.1, -0.05) is 48.0 Å². The Kier molecular flexibility index (Phi) is 5.77. The summed E-state index contributed by atoms with van der Waals surface area (Å²) >= 11 is 6.37. The van der Waals surface area contributed by atoms with Crippen molar-refractivity contribution >= 4 is 17.3 Å². The summed E-state index contributed by atoms with van der Waals surface area (Å²) in [5.41, 5.74) is -0.141. The molecule has 0 saturated carbocycles. The zero-order valence-corrected chi connectivity index (χ0v) is 17.3. The molecule has 0 aliphatic carbocycles. The van der Waals surface area contributed by atoms with Crippen molar-refractivity contribution in [2.75, 3.05) is 18.0 Å². The molecular formula is C22H19ClF3N3O2. The van der Waals surface area contributed by atoms with E-state index in [0.29, 0.717) is 18.8 Å². The Hall–Kier alpha value is -2.84. The lowest BCUT2D eigenvalue weighted by molar-refractivity contribution is -0.137. The van der Waals surface area contributed by atoms with Crippen molar-refractivity contribution in [2.45, 2.75) is 25.3 Å². The summed E-state index contributed by atoms with van der Waals surface area (Å²) in [6.45, 7) is 2.88. The molecule has 0 spiro atoms. The van der Waals surface area contributed by atoms with Crippen LogP contribution in [0, 0.1) is 0 Å². The highest BCUT2D eigenvalue weighted by Gasteiger charge is 2.31. The van der Waals surface area contributed by atoms with E-state index in [1.807, 2.05) is 42.2 Å². The Morgan fingerprint density at radius 3 is 2.55 bits per heavy atom. The van der Waals surface area contributed by atoms with Crippen LogP contribution in [0.15, 0.2) is 65.6 Å². The summed E-state index contributed by atoms with van der Waals surface area (Å²) in [5, 5.41) is 4.00. The second-order valence-corrected chi connectivity index (χ2v) is 7.74. The van der Waals surface area contributed by atoms with Gasteiger partial charge < -0.3 is 9.64 Å². The number of anilines is 1. The van der Waals surface area contributed by atoms with E-state index in [2.05, 4.69) is 5.10 Å². The van der Waals surface area contributed by atoms with Crippen LogP contribution in [-0.4, -0.2) is 29.0 Å². The fourth-order valence-electron chi connectivity index (χ4n) is 3.64. The van der Waals surface area contributed by atoms with Gasteiger partial charge in [0.1, 0.15) is 11.1 Å². The third-order valence-corrected chi connectivity index (χ3v) is 5.45. The van der Waals surface area contributed by atoms with Gasteiger partial charge in [-0.15, -0.1) is 0 Å². The van der Waals surface area contributed by atoms with Crippen LogP contribution in [0.3, 0.4) is 0 Å². The van der Waals surface area contributed by atoms with E-state index < -0.39 is 17.3 Å². The highest BCUT2D eigenvalue weighted by molar-refractivity contribution is 6.33. The molecule has 9 heteroatoms. The molecule has 1 aliphatic rings. The molecule has 1 saturated heterocycles. The number of ether oxygens (including phenoxy) is 1. The fraction of sp³-hybridized carbons (Fsp3) is 0.273. The van der Waals surface area contributed by atoms with E-state index in [9.17, 15) is 18.0 Å². The monoisotopic (exact) mass is 449 g/mol. The van der Waals surface area contributed by atoms with Crippen molar-refractivity contribution in [1.29, 1.82) is 0 Å². The number of benzene rings is 2. The van der Waals surface area contributed by atoms with E-state index in [0.717, 1.165) is 22.4 Å². The molecule has 4 rings (SSSR count). The highest BCUT2D eigenvalue weighted by Crippen LogP contribution is 2.32. The summed E-state index contributed by atoms with van der Waals surface area (Å²) in [6.07, 6.45) is -3.46. The van der Waals surface area contributed by atoms with Crippen LogP contribution in [0.25, 0.3) is 5.69 Å². The van der Waals surface area contributed by atoms with Gasteiger partial charge in [-0.2, -0.15) is 23.0 Å². The first kappa shape index (κ1) is 21.4. The average Bonchev–Trinajstić information content (AvgIpc) is 2.75. The second-order valence-electron chi connectivity index (χ2n) is 7.36. The van der Waals surface area contributed by atoms with Crippen molar-refractivity contribution in [3.05, 3.63) is 87.3 Å². The van der Waals surface area contributed by atoms with Crippen molar-refractivity contribution in [3.8, 4) is 5.69 Å². The minimum atomic E-state index is -4.53. The first-order valence-corrected chi connectivity index (χ1v) is 10.0. The van der Waals surface area contributed by atoms with Gasteiger partial charge >= 0.3 is 6.18 Å². The van der Waals surface area contributed by atoms with Crippen LogP contribution in [0.2, 0.25) is 5.02 Å². The second kappa shape index (κ2) is 8.36. The van der Waals surface area contributed by atoms with E-state index in [1.54, 1.807) is 0 Å². The molecule has 0 bridgehead atoms. The predicted octanol–water partition coefficient (Wildman–Crippen LogP) is 4.87. The van der Waals surface area contributed by atoms with Gasteiger partial charge in [0.25, 0.3) is 5.56 Å². The molecule has 2 aromatic carbocycles. The lowest BCUT2D eigenvalue weighted by atomic mass is 10.1. The Bertz CT molecular complexity index is 1130. The predicted molar refractivity (Wildman–Crippen MR) is 112 cm³/mol. The Morgan fingerprint density at radius 1 is 1.10 bits per heavy atom. The van der Waals surface area contributed by atoms with Crippen molar-refractivity contribution in [3.63, 3.8) is 0 Å². The molecule has 2 unspecified atom stereocenters. The number of alkyl halides is 3. The summed E-state index contributed by atoms with van der Waals surface area (Å²) in [5.74, 6) is 0. The summed E-state index contributed by atoms with van der Waals surface area (Å²) in [4.78, 5) is 14.8. The van der Waals surface area contributed by atoms with Crippen molar-refractivity contribution in [1.82, 2.24) is 9.78 Å². The summed E-state index contributed by atoms with van der Waals surface area (Å²) in [6, 6.07) is 14.1. The van der Waals surface area contributed by atoms with E-state index in [-0.39, 0.29) is 22.9 Å². The van der Waals surface area contributed by atoms with Crippen LogP contribution in [0.5, 0.6) is 0 Å². The number of nitrogens with zero attached hydrogens (tertiary/aromatic N) is 3. The first-order chi connectivity index (χ1) is 14.7. The van der Waals surface area contributed by atoms with Gasteiger partial charge in [0.2, 0.25) is 0 Å². The SMILES string of the molecule is CC1CN(c2cnn(-c3cccc(C(F)(F)F)c3)c(=O)c2Cl)CC(c2ccccc2)O1. The summed E-state index contributed by atoms with van der Waals surface area (Å²) < 4.78 is 46.0. The zero-order valence-electron chi connectivity index (χ0n) is 16.5. The van der Waals surface area contributed by atoms with Gasteiger partial charge in [-0.25, -0.2) is 0 Å². The molecule has 2 heterocycles. The van der Waals surface area contributed by atoms with Crippen molar-refractivity contribution in [2.24, 2.45) is 0 Å². The van der Waals surface area contributed by atoms with Crippen LogP contribution in [0.1, 0.15) is 24.2 Å². The lowest BCUT2D eigenvalue weighted by Crippen LogP contribution is -2.43. The zero-order chi connectivity index (χ0) is 22.2. The number of hydrogen-bond acceptors (Lipinski definition) is 4. The summed E-state index contributed by atoms with van der Waals surface area (Å²) in [7, 11) is 0. The average molecular weight is 450 g/mol. The van der Waals surface area contributed by atoms with Crippen LogP contribution >= 0.6 is 11.6 Å². The van der Waals surface area contributed by atoms with Crippen molar-refractivity contribution < 1.29 is 17.9 Å². The number of hydrogen-bond donors (Lipinski definition) is 0. The number of morpholine rings is 1. The topological polar surface area (TPSA) is 47.4 Å². The Labute approximate surface area is 181 Å². The quantitative estimate of drug-likeness (QED) is 0.572. The Morgan fingerprint density at radius 2 is 1.84 bits per heavy atom. The molecular weight excluding hydrogens is 431 g/mol. The van der Waals surface area contributed by atoms with Gasteiger partial charge in [0.05, 0.1) is 29.2 Å². The molecule has 3 aromatic rings. The number of rotatable bonds is 3. The van der Waals surface area contributed by atoms with Gasteiger partial charge in [0, 0.05) is 13.1 Å². The maximum atomic E-state index is 13.0. The molecule has 0 N–H and O–H groups in total. The number of halogens is 4. The van der Waals surface area contributed by atoms with Crippen LogP contribution < -0.4 is 10.5 Å². The smallest absolute Gasteiger partial charge is 0.367 e. The number of aromatic nitrogens is 2. The van der Waals surface area contributed by atoms with Crippen LogP contribution in [-0.2, 0) is 10.9 Å². The maximum absolute atomic E-state index is 13.0. The maximum Gasteiger partial charge on any atom is 0.416 e. The third kappa shape index (κ3) is 4.45. The fourth-order valence-corrected chi connectivity index (χ4v) is 3.89. The molecule has 31 heavy (non-hydrogen) atoms. The van der Waals surface area contributed by atoms with E-state index in [4.69, 9.17) is 16.3 Å². The minimum Gasteiger partial charge on any atom is -0.367 e. The van der Waals surface area contributed by atoms with E-state index in [1.165, 1.54) is 18.3 Å². The standard InChI is InChI=1S/C22H19ClF3N3O2/c1-14-12-28(13-19(31-14)15-6-3-2-4-7-15)18-11-27-29(21(30)20(18)23)17-9-5-8-16(10-17)22(24,25)26/h2-11,14,19H,12-13H2,1H3. The van der Waals surface area contributed by atoms with E-state index >= 15 is 0 Å². The molecule has 162 valence electrons. The largest absolute Gasteiger partial charge is 0.416 e. The van der Waals surface area contributed by atoms with Gasteiger partial charge in [-0.05, 0) is 30.7 Å². The first-order valence-electron chi connectivity index (χ1n) is 9.65. The third-order valence-electron chi connectivity index (χ3n) is 5.09. The molecule has 0 radical (unpaired) electrons. The molecule has 0 amide bonds. The molecule has 1 aliphatic heterocycles. The van der Waals surface area contributed by atoms with Gasteiger partial charge in [0.15, 0.2) is 0 Å². The molecule has 2 atom stereocenters. The molecule has 5 nitrogen and oxygen atoms in total. The van der Waals surface area contributed by atoms with Gasteiger partial charge in [-0.3, -0.25) is 4.79 Å². The normalized spacial score (nSPS) is 19.5. The molecule has 1 fully saturated rings. The van der Waals surface area contributed by atoms with Crippen LogP contribution in [0.4, 0.5) is 18.9 Å². The molecule has 1 aromatic heterocycles.